The van der Waals surface area contributed by atoms with Gasteiger partial charge in [-0.25, -0.2) is 4.98 Å². The summed E-state index contributed by atoms with van der Waals surface area (Å²) in [6, 6.07) is 10.2. The molecule has 4 rings (SSSR count). The van der Waals surface area contributed by atoms with E-state index in [9.17, 15) is 18.0 Å². The van der Waals surface area contributed by atoms with Crippen molar-refractivity contribution in [1.82, 2.24) is 9.97 Å². The molecule has 8 heteroatoms. The molecule has 1 aromatic carbocycles. The highest BCUT2D eigenvalue weighted by Crippen LogP contribution is 2.37. The highest BCUT2D eigenvalue weighted by molar-refractivity contribution is 6.00. The van der Waals surface area contributed by atoms with Crippen molar-refractivity contribution in [3.05, 3.63) is 71.2 Å². The summed E-state index contributed by atoms with van der Waals surface area (Å²) in [7, 11) is 1.76. The average molecular weight is 427 g/mol. The van der Waals surface area contributed by atoms with E-state index < -0.39 is 11.9 Å². The van der Waals surface area contributed by atoms with Crippen molar-refractivity contribution in [2.45, 2.75) is 32.5 Å². The van der Waals surface area contributed by atoms with Gasteiger partial charge in [-0.2, -0.15) is 13.2 Å². The highest BCUT2D eigenvalue weighted by Gasteiger charge is 2.33. The summed E-state index contributed by atoms with van der Waals surface area (Å²) in [6.07, 6.45) is -0.0972. The third-order valence-corrected chi connectivity index (χ3v) is 5.17. The number of carbonyl (C=O) groups is 1. The molecule has 0 unspecified atom stereocenters. The third-order valence-electron chi connectivity index (χ3n) is 5.17. The second-order valence-corrected chi connectivity index (χ2v) is 7.50. The SMILES string of the molecule is Cc1cc(OCc2cncc(-c3cccc4c3N(C)C(=O)CC4)c2)nc(C(F)(F)F)c1. The van der Waals surface area contributed by atoms with E-state index in [1.54, 1.807) is 31.3 Å². The number of pyridine rings is 2. The molecular weight excluding hydrogens is 407 g/mol. The van der Waals surface area contributed by atoms with Crippen LogP contribution in [-0.4, -0.2) is 22.9 Å². The number of hydrogen-bond acceptors (Lipinski definition) is 4. The van der Waals surface area contributed by atoms with Gasteiger partial charge in [-0.15, -0.1) is 0 Å². The second-order valence-electron chi connectivity index (χ2n) is 7.50. The summed E-state index contributed by atoms with van der Waals surface area (Å²) >= 11 is 0. The Morgan fingerprint density at radius 3 is 2.71 bits per heavy atom. The first-order valence-corrected chi connectivity index (χ1v) is 9.74. The molecule has 1 aliphatic heterocycles. The quantitative estimate of drug-likeness (QED) is 0.591. The smallest absolute Gasteiger partial charge is 0.433 e. The Morgan fingerprint density at radius 2 is 1.94 bits per heavy atom. The van der Waals surface area contributed by atoms with Gasteiger partial charge in [-0.3, -0.25) is 9.78 Å². The lowest BCUT2D eigenvalue weighted by atomic mass is 9.94. The van der Waals surface area contributed by atoms with Crippen LogP contribution in [0.15, 0.2) is 48.8 Å². The van der Waals surface area contributed by atoms with Crippen LogP contribution in [0.25, 0.3) is 11.1 Å². The van der Waals surface area contributed by atoms with Crippen LogP contribution in [0.5, 0.6) is 5.88 Å². The van der Waals surface area contributed by atoms with Gasteiger partial charge in [0.25, 0.3) is 0 Å². The molecule has 1 amide bonds. The molecule has 3 heterocycles. The fourth-order valence-electron chi connectivity index (χ4n) is 3.68. The molecule has 1 aliphatic rings. The Kier molecular flexibility index (Phi) is 5.39. The fraction of sp³-hybridized carbons (Fsp3) is 0.261. The van der Waals surface area contributed by atoms with E-state index in [-0.39, 0.29) is 18.4 Å². The third kappa shape index (κ3) is 4.38. The van der Waals surface area contributed by atoms with Gasteiger partial charge < -0.3 is 9.64 Å². The number of nitrogens with zero attached hydrogens (tertiary/aromatic N) is 3. The lowest BCUT2D eigenvalue weighted by Crippen LogP contribution is -2.31. The Bertz CT molecular complexity index is 1150. The van der Waals surface area contributed by atoms with Gasteiger partial charge in [-0.05, 0) is 36.6 Å². The molecule has 0 spiro atoms. The number of aryl methyl sites for hydroxylation is 2. The first kappa shape index (κ1) is 20.8. The van der Waals surface area contributed by atoms with Crippen LogP contribution in [0.3, 0.4) is 0 Å². The number of anilines is 1. The summed E-state index contributed by atoms with van der Waals surface area (Å²) in [5.41, 5.74) is 3.71. The lowest BCUT2D eigenvalue weighted by Gasteiger charge is -2.28. The number of rotatable bonds is 4. The van der Waals surface area contributed by atoms with Gasteiger partial charge in [0.2, 0.25) is 11.8 Å². The minimum atomic E-state index is -4.54. The monoisotopic (exact) mass is 427 g/mol. The van der Waals surface area contributed by atoms with Crippen LogP contribution in [0.4, 0.5) is 18.9 Å². The number of carbonyl (C=O) groups excluding carboxylic acids is 1. The predicted octanol–water partition coefficient (Wildman–Crippen LogP) is 4.96. The van der Waals surface area contributed by atoms with Crippen molar-refractivity contribution in [2.24, 2.45) is 0 Å². The molecule has 0 saturated carbocycles. The number of alkyl halides is 3. The fourth-order valence-corrected chi connectivity index (χ4v) is 3.68. The molecule has 0 saturated heterocycles. The molecule has 31 heavy (non-hydrogen) atoms. The van der Waals surface area contributed by atoms with Gasteiger partial charge in [0.15, 0.2) is 0 Å². The number of amides is 1. The van der Waals surface area contributed by atoms with Crippen LogP contribution in [0, 0.1) is 6.92 Å². The molecule has 0 radical (unpaired) electrons. The predicted molar refractivity (Wildman–Crippen MR) is 110 cm³/mol. The van der Waals surface area contributed by atoms with Crippen molar-refractivity contribution < 1.29 is 22.7 Å². The molecule has 0 bridgehead atoms. The summed E-state index contributed by atoms with van der Waals surface area (Å²) in [5, 5.41) is 0. The molecule has 160 valence electrons. The van der Waals surface area contributed by atoms with Gasteiger partial charge in [0.1, 0.15) is 12.3 Å². The molecule has 5 nitrogen and oxygen atoms in total. The van der Waals surface area contributed by atoms with Gasteiger partial charge in [0, 0.05) is 48.6 Å². The Morgan fingerprint density at radius 1 is 1.13 bits per heavy atom. The largest absolute Gasteiger partial charge is 0.473 e. The van der Waals surface area contributed by atoms with E-state index in [1.807, 2.05) is 24.3 Å². The molecule has 0 atom stereocenters. The van der Waals surface area contributed by atoms with Crippen molar-refractivity contribution in [2.75, 3.05) is 11.9 Å². The summed E-state index contributed by atoms with van der Waals surface area (Å²) in [4.78, 5) is 21.7. The van der Waals surface area contributed by atoms with Crippen molar-refractivity contribution in [3.8, 4) is 17.0 Å². The van der Waals surface area contributed by atoms with E-state index in [1.165, 1.54) is 6.07 Å². The van der Waals surface area contributed by atoms with E-state index in [4.69, 9.17) is 4.74 Å². The van der Waals surface area contributed by atoms with Crippen LogP contribution < -0.4 is 9.64 Å². The zero-order valence-electron chi connectivity index (χ0n) is 17.0. The molecule has 0 fully saturated rings. The number of ether oxygens (including phenoxy) is 1. The average Bonchev–Trinajstić information content (AvgIpc) is 2.74. The van der Waals surface area contributed by atoms with E-state index >= 15 is 0 Å². The van der Waals surface area contributed by atoms with Crippen molar-refractivity contribution >= 4 is 11.6 Å². The summed E-state index contributed by atoms with van der Waals surface area (Å²) < 4.78 is 44.5. The topological polar surface area (TPSA) is 55.3 Å². The highest BCUT2D eigenvalue weighted by atomic mass is 19.4. The number of fused-ring (bicyclic) bond motifs is 1. The lowest BCUT2D eigenvalue weighted by molar-refractivity contribution is -0.141. The molecule has 0 aliphatic carbocycles. The first-order valence-electron chi connectivity index (χ1n) is 9.74. The number of benzene rings is 1. The Labute approximate surface area is 177 Å². The van der Waals surface area contributed by atoms with Gasteiger partial charge in [0.05, 0.1) is 5.69 Å². The van der Waals surface area contributed by atoms with Gasteiger partial charge >= 0.3 is 6.18 Å². The van der Waals surface area contributed by atoms with E-state index in [0.717, 1.165) is 28.4 Å². The minimum Gasteiger partial charge on any atom is -0.473 e. The first-order chi connectivity index (χ1) is 14.7. The van der Waals surface area contributed by atoms with Crippen molar-refractivity contribution in [3.63, 3.8) is 0 Å². The maximum Gasteiger partial charge on any atom is 0.433 e. The zero-order chi connectivity index (χ0) is 22.2. The maximum absolute atomic E-state index is 13.0. The minimum absolute atomic E-state index is 0.0123. The standard InChI is InChI=1S/C23H20F3N3O2/c1-14-8-19(23(24,25)26)28-20(9-14)31-13-15-10-17(12-27-11-15)18-5-3-4-16-6-7-21(30)29(2)22(16)18/h3-5,8-12H,6-7,13H2,1-2H3. The van der Waals surface area contributed by atoms with Gasteiger partial charge in [-0.1, -0.05) is 18.2 Å². The van der Waals surface area contributed by atoms with Crippen LogP contribution >= 0.6 is 0 Å². The van der Waals surface area contributed by atoms with Crippen LogP contribution in [0.1, 0.15) is 28.8 Å². The van der Waals surface area contributed by atoms with E-state index in [2.05, 4.69) is 9.97 Å². The number of para-hydroxylation sites is 1. The van der Waals surface area contributed by atoms with E-state index in [0.29, 0.717) is 24.0 Å². The van der Waals surface area contributed by atoms with Crippen LogP contribution in [0.2, 0.25) is 0 Å². The summed E-state index contributed by atoms with van der Waals surface area (Å²) in [5.74, 6) is -0.0430. The number of aromatic nitrogens is 2. The normalized spacial score (nSPS) is 13.8. The maximum atomic E-state index is 13.0. The van der Waals surface area contributed by atoms with Crippen molar-refractivity contribution in [1.29, 1.82) is 0 Å². The zero-order valence-corrected chi connectivity index (χ0v) is 17.0. The molecule has 3 aromatic rings. The summed E-state index contributed by atoms with van der Waals surface area (Å²) in [6.45, 7) is 1.57. The molecule has 2 aromatic heterocycles. The molecule has 0 N–H and O–H groups in total. The number of halogens is 3. The second kappa shape index (κ2) is 8.02. The molecular formula is C23H20F3N3O2. The van der Waals surface area contributed by atoms with Crippen LogP contribution in [-0.2, 0) is 24.0 Å². The Hall–Kier alpha value is -3.42. The Balaban J connectivity index is 1.60. The number of hydrogen-bond donors (Lipinski definition) is 0.